The summed E-state index contributed by atoms with van der Waals surface area (Å²) >= 11 is 1.33. The minimum absolute atomic E-state index is 0.00550. The topological polar surface area (TPSA) is 72.7 Å². The van der Waals surface area contributed by atoms with Crippen LogP contribution in [0.4, 0.5) is 0 Å². The lowest BCUT2D eigenvalue weighted by atomic mass is 10.0. The number of rotatable bonds is 7. The van der Waals surface area contributed by atoms with Gasteiger partial charge >= 0.3 is 0 Å². The van der Waals surface area contributed by atoms with Gasteiger partial charge in [0.1, 0.15) is 0 Å². The number of carbonyl (C=O) groups excluding carboxylic acids is 1. The number of tetrazole rings is 1. The molecule has 1 N–H and O–H groups in total. The van der Waals surface area contributed by atoms with Crippen molar-refractivity contribution in [3.8, 4) is 5.69 Å². The van der Waals surface area contributed by atoms with E-state index in [2.05, 4.69) is 46.8 Å². The van der Waals surface area contributed by atoms with Gasteiger partial charge in [-0.1, -0.05) is 44.7 Å². The largest absolute Gasteiger partial charge is 0.353 e. The summed E-state index contributed by atoms with van der Waals surface area (Å²) in [6.07, 6.45) is 0.913. The van der Waals surface area contributed by atoms with E-state index in [-0.39, 0.29) is 11.9 Å². The summed E-state index contributed by atoms with van der Waals surface area (Å²) in [4.78, 5) is 11.9. The van der Waals surface area contributed by atoms with E-state index in [1.54, 1.807) is 4.68 Å². The fourth-order valence-electron chi connectivity index (χ4n) is 1.98. The molecular weight excluding hydrogens is 310 g/mol. The predicted molar refractivity (Wildman–Crippen MR) is 91.9 cm³/mol. The van der Waals surface area contributed by atoms with Crippen LogP contribution in [-0.2, 0) is 4.79 Å². The van der Waals surface area contributed by atoms with Gasteiger partial charge in [-0.2, -0.15) is 4.68 Å². The molecule has 1 aromatic heterocycles. The van der Waals surface area contributed by atoms with Crippen LogP contribution in [0.1, 0.15) is 45.6 Å². The summed E-state index contributed by atoms with van der Waals surface area (Å²) in [5, 5.41) is 15.3. The standard InChI is InChI=1S/C16H23N5OS/c1-5-12(4)17-15(22)10-23-16-18-19-20-21(16)14-8-6-13(7-9-14)11(2)3/h6-9,11-12H,5,10H2,1-4H3,(H,17,22)/t12-/m1/s1. The van der Waals surface area contributed by atoms with Crippen LogP contribution in [0.5, 0.6) is 0 Å². The van der Waals surface area contributed by atoms with Crippen molar-refractivity contribution in [1.82, 2.24) is 25.5 Å². The van der Waals surface area contributed by atoms with Gasteiger partial charge < -0.3 is 5.32 Å². The molecule has 7 heteroatoms. The van der Waals surface area contributed by atoms with Crippen LogP contribution in [0.15, 0.2) is 29.4 Å². The molecule has 1 atom stereocenters. The smallest absolute Gasteiger partial charge is 0.230 e. The van der Waals surface area contributed by atoms with Crippen LogP contribution in [0.2, 0.25) is 0 Å². The molecule has 0 saturated heterocycles. The van der Waals surface area contributed by atoms with Crippen molar-refractivity contribution in [1.29, 1.82) is 0 Å². The summed E-state index contributed by atoms with van der Waals surface area (Å²) in [6, 6.07) is 8.32. The Balaban J connectivity index is 2.03. The molecule has 0 aliphatic heterocycles. The Kier molecular flexibility index (Phi) is 6.15. The highest BCUT2D eigenvalue weighted by molar-refractivity contribution is 7.99. The van der Waals surface area contributed by atoms with Gasteiger partial charge in [-0.05, 0) is 47.4 Å². The average molecular weight is 333 g/mol. The first-order chi connectivity index (χ1) is 11.0. The third-order valence-electron chi connectivity index (χ3n) is 3.60. The third-order valence-corrected chi connectivity index (χ3v) is 4.52. The normalized spacial score (nSPS) is 12.4. The van der Waals surface area contributed by atoms with Crippen molar-refractivity contribution in [3.63, 3.8) is 0 Å². The monoisotopic (exact) mass is 333 g/mol. The molecule has 2 rings (SSSR count). The molecule has 0 saturated carbocycles. The lowest BCUT2D eigenvalue weighted by molar-refractivity contribution is -0.119. The molecule has 6 nitrogen and oxygen atoms in total. The fourth-order valence-corrected chi connectivity index (χ4v) is 2.68. The number of nitrogens with zero attached hydrogens (tertiary/aromatic N) is 4. The number of aromatic nitrogens is 4. The van der Waals surface area contributed by atoms with Crippen molar-refractivity contribution < 1.29 is 4.79 Å². The zero-order valence-electron chi connectivity index (χ0n) is 14.0. The van der Waals surface area contributed by atoms with Gasteiger partial charge in [0.05, 0.1) is 11.4 Å². The van der Waals surface area contributed by atoms with Crippen LogP contribution in [-0.4, -0.2) is 37.9 Å². The van der Waals surface area contributed by atoms with Gasteiger partial charge in [0, 0.05) is 6.04 Å². The van der Waals surface area contributed by atoms with Crippen molar-refractivity contribution >= 4 is 17.7 Å². The Morgan fingerprint density at radius 3 is 2.57 bits per heavy atom. The molecule has 1 aromatic carbocycles. The number of carbonyl (C=O) groups is 1. The molecule has 0 unspecified atom stereocenters. The molecule has 23 heavy (non-hydrogen) atoms. The number of nitrogens with one attached hydrogen (secondary N) is 1. The molecular formula is C16H23N5OS. The summed E-state index contributed by atoms with van der Waals surface area (Å²) < 4.78 is 1.66. The second-order valence-electron chi connectivity index (χ2n) is 5.78. The quantitative estimate of drug-likeness (QED) is 0.789. The summed E-state index contributed by atoms with van der Waals surface area (Å²) in [6.45, 7) is 8.34. The van der Waals surface area contributed by atoms with E-state index in [4.69, 9.17) is 0 Å². The van der Waals surface area contributed by atoms with E-state index in [1.807, 2.05) is 26.0 Å². The van der Waals surface area contributed by atoms with E-state index in [0.29, 0.717) is 16.8 Å². The maximum atomic E-state index is 11.9. The highest BCUT2D eigenvalue weighted by atomic mass is 32.2. The minimum atomic E-state index is -0.00550. The van der Waals surface area contributed by atoms with Gasteiger partial charge in [0.2, 0.25) is 11.1 Å². The van der Waals surface area contributed by atoms with Gasteiger partial charge in [-0.25, -0.2) is 0 Å². The number of hydrogen-bond acceptors (Lipinski definition) is 5. The molecule has 0 fully saturated rings. The number of benzene rings is 1. The molecule has 1 heterocycles. The van der Waals surface area contributed by atoms with Gasteiger partial charge in [0.15, 0.2) is 0 Å². The Morgan fingerprint density at radius 1 is 1.26 bits per heavy atom. The lowest BCUT2D eigenvalue weighted by Crippen LogP contribution is -2.33. The lowest BCUT2D eigenvalue weighted by Gasteiger charge is -2.11. The first kappa shape index (κ1) is 17.5. The maximum absolute atomic E-state index is 11.9. The molecule has 0 radical (unpaired) electrons. The van der Waals surface area contributed by atoms with Gasteiger partial charge in [-0.3, -0.25) is 4.79 Å². The minimum Gasteiger partial charge on any atom is -0.353 e. The summed E-state index contributed by atoms with van der Waals surface area (Å²) in [7, 11) is 0. The molecule has 0 bridgehead atoms. The number of thioether (sulfide) groups is 1. The summed E-state index contributed by atoms with van der Waals surface area (Å²) in [5.74, 6) is 0.777. The van der Waals surface area contributed by atoms with Gasteiger partial charge in [-0.15, -0.1) is 5.10 Å². The van der Waals surface area contributed by atoms with Crippen molar-refractivity contribution in [3.05, 3.63) is 29.8 Å². The Bertz CT molecular complexity index is 638. The van der Waals surface area contributed by atoms with E-state index in [9.17, 15) is 4.79 Å². The number of amides is 1. The van der Waals surface area contributed by atoms with Crippen molar-refractivity contribution in [2.24, 2.45) is 0 Å². The molecule has 2 aromatic rings. The second-order valence-corrected chi connectivity index (χ2v) is 6.73. The maximum Gasteiger partial charge on any atom is 0.230 e. The fraction of sp³-hybridized carbons (Fsp3) is 0.500. The van der Waals surface area contributed by atoms with Gasteiger partial charge in [0.25, 0.3) is 0 Å². The molecule has 0 spiro atoms. The SMILES string of the molecule is CC[C@@H](C)NC(=O)CSc1nnnn1-c1ccc(C(C)C)cc1. The molecule has 0 aliphatic carbocycles. The first-order valence-electron chi connectivity index (χ1n) is 7.82. The highest BCUT2D eigenvalue weighted by Crippen LogP contribution is 2.20. The van der Waals surface area contributed by atoms with E-state index in [1.165, 1.54) is 17.3 Å². The van der Waals surface area contributed by atoms with Crippen molar-refractivity contribution in [2.45, 2.75) is 51.2 Å². The van der Waals surface area contributed by atoms with E-state index in [0.717, 1.165) is 12.1 Å². The van der Waals surface area contributed by atoms with Crippen LogP contribution in [0, 0.1) is 0 Å². The predicted octanol–water partition coefficient (Wildman–Crippen LogP) is 2.79. The Morgan fingerprint density at radius 2 is 1.96 bits per heavy atom. The van der Waals surface area contributed by atoms with Crippen LogP contribution >= 0.6 is 11.8 Å². The summed E-state index contributed by atoms with van der Waals surface area (Å²) in [5.41, 5.74) is 2.16. The van der Waals surface area contributed by atoms with Crippen LogP contribution in [0.25, 0.3) is 5.69 Å². The van der Waals surface area contributed by atoms with Crippen LogP contribution < -0.4 is 5.32 Å². The van der Waals surface area contributed by atoms with Crippen LogP contribution in [0.3, 0.4) is 0 Å². The molecule has 1 amide bonds. The molecule has 124 valence electrons. The first-order valence-corrected chi connectivity index (χ1v) is 8.80. The average Bonchev–Trinajstić information content (AvgIpc) is 3.01. The highest BCUT2D eigenvalue weighted by Gasteiger charge is 2.12. The zero-order valence-corrected chi connectivity index (χ0v) is 14.8. The van der Waals surface area contributed by atoms with E-state index >= 15 is 0 Å². The van der Waals surface area contributed by atoms with Crippen molar-refractivity contribution in [2.75, 3.05) is 5.75 Å². The number of hydrogen-bond donors (Lipinski definition) is 1. The third kappa shape index (κ3) is 4.79. The zero-order chi connectivity index (χ0) is 16.8. The Hall–Kier alpha value is -1.89. The molecule has 0 aliphatic rings. The second kappa shape index (κ2) is 8.10. The Labute approximate surface area is 141 Å². The van der Waals surface area contributed by atoms with E-state index < -0.39 is 0 Å².